The SMILES string of the molecule is CCCCCNC(=O)NCCCOc1ccccc1. The van der Waals surface area contributed by atoms with Crippen molar-refractivity contribution >= 4 is 6.03 Å². The molecule has 1 aromatic carbocycles. The summed E-state index contributed by atoms with van der Waals surface area (Å²) in [7, 11) is 0. The van der Waals surface area contributed by atoms with E-state index < -0.39 is 0 Å². The lowest BCUT2D eigenvalue weighted by atomic mass is 10.2. The van der Waals surface area contributed by atoms with Crippen LogP contribution in [0.5, 0.6) is 5.75 Å². The van der Waals surface area contributed by atoms with Gasteiger partial charge in [-0.3, -0.25) is 0 Å². The summed E-state index contributed by atoms with van der Waals surface area (Å²) in [4.78, 5) is 11.4. The molecule has 0 aliphatic rings. The van der Waals surface area contributed by atoms with E-state index in [1.54, 1.807) is 0 Å². The maximum atomic E-state index is 11.4. The zero-order valence-corrected chi connectivity index (χ0v) is 11.7. The fourth-order valence-corrected chi connectivity index (χ4v) is 1.62. The van der Waals surface area contributed by atoms with Gasteiger partial charge in [0.05, 0.1) is 6.61 Å². The molecule has 0 fully saturated rings. The van der Waals surface area contributed by atoms with E-state index >= 15 is 0 Å². The van der Waals surface area contributed by atoms with Crippen molar-refractivity contribution < 1.29 is 9.53 Å². The quantitative estimate of drug-likeness (QED) is 0.674. The normalized spacial score (nSPS) is 9.95. The van der Waals surface area contributed by atoms with E-state index in [0.717, 1.165) is 31.6 Å². The number of benzene rings is 1. The third-order valence-corrected chi connectivity index (χ3v) is 2.68. The van der Waals surface area contributed by atoms with Crippen molar-refractivity contribution in [3.63, 3.8) is 0 Å². The lowest BCUT2D eigenvalue weighted by molar-refractivity contribution is 0.239. The number of carbonyl (C=O) groups excluding carboxylic acids is 1. The van der Waals surface area contributed by atoms with Gasteiger partial charge in [-0.05, 0) is 25.0 Å². The van der Waals surface area contributed by atoms with Crippen LogP contribution in [0, 0.1) is 0 Å². The van der Waals surface area contributed by atoms with Crippen LogP contribution in [-0.2, 0) is 0 Å². The summed E-state index contributed by atoms with van der Waals surface area (Å²) in [6.07, 6.45) is 4.17. The topological polar surface area (TPSA) is 50.4 Å². The summed E-state index contributed by atoms with van der Waals surface area (Å²) in [5, 5.41) is 5.65. The number of unbranched alkanes of at least 4 members (excludes halogenated alkanes) is 2. The van der Waals surface area contributed by atoms with Crippen molar-refractivity contribution in [1.29, 1.82) is 0 Å². The maximum Gasteiger partial charge on any atom is 0.314 e. The van der Waals surface area contributed by atoms with Crippen LogP contribution < -0.4 is 15.4 Å². The third-order valence-electron chi connectivity index (χ3n) is 2.68. The average molecular weight is 264 g/mol. The van der Waals surface area contributed by atoms with Crippen LogP contribution in [-0.4, -0.2) is 25.7 Å². The minimum atomic E-state index is -0.0872. The van der Waals surface area contributed by atoms with Gasteiger partial charge in [0.2, 0.25) is 0 Å². The van der Waals surface area contributed by atoms with Crippen LogP contribution >= 0.6 is 0 Å². The molecule has 0 spiro atoms. The lowest BCUT2D eigenvalue weighted by Crippen LogP contribution is -2.36. The number of urea groups is 1. The van der Waals surface area contributed by atoms with Crippen molar-refractivity contribution in [2.75, 3.05) is 19.7 Å². The van der Waals surface area contributed by atoms with Gasteiger partial charge in [-0.2, -0.15) is 0 Å². The largest absolute Gasteiger partial charge is 0.494 e. The van der Waals surface area contributed by atoms with Crippen LogP contribution in [0.4, 0.5) is 4.79 Å². The molecule has 19 heavy (non-hydrogen) atoms. The van der Waals surface area contributed by atoms with E-state index in [-0.39, 0.29) is 6.03 Å². The molecule has 0 radical (unpaired) electrons. The molecule has 4 heteroatoms. The highest BCUT2D eigenvalue weighted by Gasteiger charge is 1.98. The van der Waals surface area contributed by atoms with Gasteiger partial charge in [-0.25, -0.2) is 4.79 Å². The fraction of sp³-hybridized carbons (Fsp3) is 0.533. The molecule has 0 heterocycles. The first kappa shape index (κ1) is 15.3. The molecule has 0 saturated heterocycles. The van der Waals surface area contributed by atoms with Crippen LogP contribution in [0.15, 0.2) is 30.3 Å². The summed E-state index contributed by atoms with van der Waals surface area (Å²) in [6.45, 7) is 4.14. The zero-order valence-electron chi connectivity index (χ0n) is 11.7. The Labute approximate surface area is 115 Å². The second-order valence-electron chi connectivity index (χ2n) is 4.40. The van der Waals surface area contributed by atoms with Crippen LogP contribution in [0.3, 0.4) is 0 Å². The highest BCUT2D eigenvalue weighted by atomic mass is 16.5. The second kappa shape index (κ2) is 10.2. The summed E-state index contributed by atoms with van der Waals surface area (Å²) < 4.78 is 5.53. The predicted molar refractivity (Wildman–Crippen MR) is 77.5 cm³/mol. The van der Waals surface area contributed by atoms with Crippen molar-refractivity contribution in [2.45, 2.75) is 32.6 Å². The maximum absolute atomic E-state index is 11.4. The second-order valence-corrected chi connectivity index (χ2v) is 4.40. The van der Waals surface area contributed by atoms with Gasteiger partial charge >= 0.3 is 6.03 Å². The summed E-state index contributed by atoms with van der Waals surface area (Å²) in [6, 6.07) is 9.60. The molecule has 2 amide bonds. The van der Waals surface area contributed by atoms with Crippen LogP contribution in [0.2, 0.25) is 0 Å². The molecule has 1 aromatic rings. The Morgan fingerprint density at radius 2 is 1.74 bits per heavy atom. The molecular formula is C15H24N2O2. The zero-order chi connectivity index (χ0) is 13.8. The van der Waals surface area contributed by atoms with Gasteiger partial charge in [0.1, 0.15) is 5.75 Å². The summed E-state index contributed by atoms with van der Waals surface area (Å²) in [5.41, 5.74) is 0. The van der Waals surface area contributed by atoms with Crippen molar-refractivity contribution in [3.8, 4) is 5.75 Å². The molecular weight excluding hydrogens is 240 g/mol. The third kappa shape index (κ3) is 8.08. The molecule has 0 aliphatic carbocycles. The van der Waals surface area contributed by atoms with Crippen LogP contribution in [0.1, 0.15) is 32.6 Å². The average Bonchev–Trinajstić information content (AvgIpc) is 2.44. The highest BCUT2D eigenvalue weighted by Crippen LogP contribution is 2.07. The molecule has 4 nitrogen and oxygen atoms in total. The molecule has 0 unspecified atom stereocenters. The fourth-order valence-electron chi connectivity index (χ4n) is 1.62. The Balaban J connectivity index is 1.94. The standard InChI is InChI=1S/C15H24N2O2/c1-2-3-7-11-16-15(18)17-12-8-13-19-14-9-5-4-6-10-14/h4-6,9-10H,2-3,7-8,11-13H2,1H3,(H2,16,17,18). The molecule has 0 aliphatic heterocycles. The Morgan fingerprint density at radius 1 is 1.05 bits per heavy atom. The number of nitrogens with one attached hydrogen (secondary N) is 2. The minimum absolute atomic E-state index is 0.0872. The van der Waals surface area contributed by atoms with E-state index in [4.69, 9.17) is 4.74 Å². The smallest absolute Gasteiger partial charge is 0.314 e. The number of carbonyl (C=O) groups is 1. The highest BCUT2D eigenvalue weighted by molar-refractivity contribution is 5.73. The Bertz CT molecular complexity index is 341. The predicted octanol–water partition coefficient (Wildman–Crippen LogP) is 2.94. The van der Waals surface area contributed by atoms with Crippen LogP contribution in [0.25, 0.3) is 0 Å². The Hall–Kier alpha value is -1.71. The molecule has 0 aromatic heterocycles. The lowest BCUT2D eigenvalue weighted by Gasteiger charge is -2.08. The van der Waals surface area contributed by atoms with E-state index in [9.17, 15) is 4.79 Å². The van der Waals surface area contributed by atoms with Gasteiger partial charge in [0.25, 0.3) is 0 Å². The van der Waals surface area contributed by atoms with Crippen molar-refractivity contribution in [3.05, 3.63) is 30.3 Å². The van der Waals surface area contributed by atoms with E-state index in [1.165, 1.54) is 6.42 Å². The number of hydrogen-bond donors (Lipinski definition) is 2. The van der Waals surface area contributed by atoms with Gasteiger partial charge in [-0.1, -0.05) is 38.0 Å². The number of amides is 2. The molecule has 106 valence electrons. The Morgan fingerprint density at radius 3 is 2.42 bits per heavy atom. The van der Waals surface area contributed by atoms with Gasteiger partial charge in [0.15, 0.2) is 0 Å². The molecule has 0 saturated carbocycles. The van der Waals surface area contributed by atoms with Crippen molar-refractivity contribution in [2.24, 2.45) is 0 Å². The first-order valence-electron chi connectivity index (χ1n) is 7.02. The number of ether oxygens (including phenoxy) is 1. The number of hydrogen-bond acceptors (Lipinski definition) is 2. The monoisotopic (exact) mass is 264 g/mol. The van der Waals surface area contributed by atoms with E-state index in [0.29, 0.717) is 13.2 Å². The van der Waals surface area contributed by atoms with Gasteiger partial charge in [0, 0.05) is 13.1 Å². The molecule has 0 bridgehead atoms. The Kier molecular flexibility index (Phi) is 8.27. The number of rotatable bonds is 9. The summed E-state index contributed by atoms with van der Waals surface area (Å²) in [5.74, 6) is 0.867. The minimum Gasteiger partial charge on any atom is -0.494 e. The van der Waals surface area contributed by atoms with E-state index in [1.807, 2.05) is 30.3 Å². The van der Waals surface area contributed by atoms with Gasteiger partial charge < -0.3 is 15.4 Å². The molecule has 2 N–H and O–H groups in total. The number of para-hydroxylation sites is 1. The van der Waals surface area contributed by atoms with Crippen molar-refractivity contribution in [1.82, 2.24) is 10.6 Å². The van der Waals surface area contributed by atoms with E-state index in [2.05, 4.69) is 17.6 Å². The first-order chi connectivity index (χ1) is 9.33. The molecule has 0 atom stereocenters. The summed E-state index contributed by atoms with van der Waals surface area (Å²) >= 11 is 0. The first-order valence-corrected chi connectivity index (χ1v) is 7.02. The van der Waals surface area contributed by atoms with Gasteiger partial charge in [-0.15, -0.1) is 0 Å². The molecule has 1 rings (SSSR count).